The van der Waals surface area contributed by atoms with Crippen molar-refractivity contribution in [3.8, 4) is 0 Å². The Kier molecular flexibility index (Phi) is 3.54. The highest BCUT2D eigenvalue weighted by atomic mass is 35.5. The van der Waals surface area contributed by atoms with Crippen molar-refractivity contribution < 1.29 is 0 Å². The van der Waals surface area contributed by atoms with Crippen molar-refractivity contribution in [2.24, 2.45) is 5.92 Å². The van der Waals surface area contributed by atoms with Crippen LogP contribution in [0.2, 0.25) is 5.15 Å². The first-order chi connectivity index (χ1) is 7.25. The first kappa shape index (κ1) is 10.8. The zero-order valence-electron chi connectivity index (χ0n) is 8.99. The lowest BCUT2D eigenvalue weighted by Gasteiger charge is -2.29. The predicted octanol–water partition coefficient (Wildman–Crippen LogP) is 2.01. The van der Waals surface area contributed by atoms with E-state index in [0.717, 1.165) is 18.7 Å². The number of hydrogen-bond acceptors (Lipinski definition) is 3. The van der Waals surface area contributed by atoms with Gasteiger partial charge in [-0.1, -0.05) is 11.6 Å². The Morgan fingerprint density at radius 1 is 1.47 bits per heavy atom. The summed E-state index contributed by atoms with van der Waals surface area (Å²) in [6.45, 7) is 2.36. The molecular weight excluding hydrogens is 210 g/mol. The van der Waals surface area contributed by atoms with Gasteiger partial charge in [0.15, 0.2) is 0 Å². The van der Waals surface area contributed by atoms with Gasteiger partial charge < -0.3 is 4.90 Å². The number of aromatic nitrogens is 2. The van der Waals surface area contributed by atoms with Crippen LogP contribution in [0.25, 0.3) is 0 Å². The van der Waals surface area contributed by atoms with E-state index in [2.05, 4.69) is 21.9 Å². The van der Waals surface area contributed by atoms with Gasteiger partial charge in [0.2, 0.25) is 0 Å². The molecular formula is C11H16ClN3. The largest absolute Gasteiger partial charge is 0.306 e. The second-order valence-electron chi connectivity index (χ2n) is 4.27. The van der Waals surface area contributed by atoms with E-state index in [1.165, 1.54) is 19.4 Å². The molecule has 4 heteroatoms. The number of likely N-dealkylation sites (tertiary alicyclic amines) is 1. The van der Waals surface area contributed by atoms with Crippen LogP contribution in [0, 0.1) is 5.92 Å². The lowest BCUT2D eigenvalue weighted by molar-refractivity contribution is 0.208. The molecule has 15 heavy (non-hydrogen) atoms. The molecule has 2 rings (SSSR count). The molecule has 0 radical (unpaired) electrons. The minimum atomic E-state index is 0.561. The molecule has 1 aromatic rings. The molecule has 3 nitrogen and oxygen atoms in total. The van der Waals surface area contributed by atoms with E-state index in [9.17, 15) is 0 Å². The van der Waals surface area contributed by atoms with E-state index < -0.39 is 0 Å². The highest BCUT2D eigenvalue weighted by Gasteiger charge is 2.19. The summed E-state index contributed by atoms with van der Waals surface area (Å²) in [7, 11) is 2.17. The van der Waals surface area contributed by atoms with Crippen LogP contribution < -0.4 is 0 Å². The molecule has 82 valence electrons. The van der Waals surface area contributed by atoms with Crippen LogP contribution in [0.1, 0.15) is 18.5 Å². The van der Waals surface area contributed by atoms with Gasteiger partial charge in [-0.15, -0.1) is 0 Å². The number of nitrogens with zero attached hydrogens (tertiary/aromatic N) is 3. The lowest BCUT2D eigenvalue weighted by atomic mass is 9.94. The third kappa shape index (κ3) is 2.89. The Labute approximate surface area is 95.5 Å². The van der Waals surface area contributed by atoms with Gasteiger partial charge in [0, 0.05) is 18.9 Å². The van der Waals surface area contributed by atoms with Crippen molar-refractivity contribution in [1.82, 2.24) is 14.9 Å². The Hall–Kier alpha value is -0.670. The molecule has 1 saturated heterocycles. The number of rotatable bonds is 2. The first-order valence-corrected chi connectivity index (χ1v) is 5.77. The molecule has 0 amide bonds. The van der Waals surface area contributed by atoms with Crippen LogP contribution >= 0.6 is 11.6 Å². The Balaban J connectivity index is 1.99. The summed E-state index contributed by atoms with van der Waals surface area (Å²) >= 11 is 5.99. The van der Waals surface area contributed by atoms with Crippen molar-refractivity contribution in [1.29, 1.82) is 0 Å². The maximum absolute atomic E-state index is 5.99. The number of hydrogen-bond donors (Lipinski definition) is 0. The van der Waals surface area contributed by atoms with Gasteiger partial charge in [0.25, 0.3) is 0 Å². The van der Waals surface area contributed by atoms with Gasteiger partial charge in [-0.2, -0.15) is 0 Å². The van der Waals surface area contributed by atoms with Crippen molar-refractivity contribution in [3.05, 3.63) is 23.2 Å². The fourth-order valence-corrected chi connectivity index (χ4v) is 2.38. The molecule has 0 spiro atoms. The quantitative estimate of drug-likeness (QED) is 0.771. The van der Waals surface area contributed by atoms with Crippen molar-refractivity contribution in [3.63, 3.8) is 0 Å². The zero-order valence-corrected chi connectivity index (χ0v) is 9.74. The highest BCUT2D eigenvalue weighted by molar-refractivity contribution is 6.29. The maximum atomic E-state index is 5.99. The summed E-state index contributed by atoms with van der Waals surface area (Å²) in [6.07, 6.45) is 6.86. The highest BCUT2D eigenvalue weighted by Crippen LogP contribution is 2.21. The third-order valence-electron chi connectivity index (χ3n) is 2.93. The molecule has 0 aromatic carbocycles. The number of halogens is 1. The van der Waals surface area contributed by atoms with Crippen LogP contribution in [0.5, 0.6) is 0 Å². The SMILES string of the molecule is CN1CCC[C@@H](Cc2nccnc2Cl)C1. The van der Waals surface area contributed by atoms with Crippen LogP contribution in [0.15, 0.2) is 12.4 Å². The van der Waals surface area contributed by atoms with Gasteiger partial charge in [0.1, 0.15) is 5.15 Å². The fraction of sp³-hybridized carbons (Fsp3) is 0.636. The summed E-state index contributed by atoms with van der Waals surface area (Å²) in [4.78, 5) is 10.7. The summed E-state index contributed by atoms with van der Waals surface area (Å²) in [5.74, 6) is 0.679. The molecule has 0 N–H and O–H groups in total. The second-order valence-corrected chi connectivity index (χ2v) is 4.63. The first-order valence-electron chi connectivity index (χ1n) is 5.39. The average Bonchev–Trinajstić information content (AvgIpc) is 2.22. The second kappa shape index (κ2) is 4.90. The monoisotopic (exact) mass is 225 g/mol. The summed E-state index contributed by atoms with van der Waals surface area (Å²) in [5.41, 5.74) is 0.944. The normalized spacial score (nSPS) is 22.9. The molecule has 0 saturated carbocycles. The molecule has 1 atom stereocenters. The molecule has 1 aromatic heterocycles. The summed E-state index contributed by atoms with van der Waals surface area (Å²) in [6, 6.07) is 0. The van der Waals surface area contributed by atoms with E-state index >= 15 is 0 Å². The Morgan fingerprint density at radius 3 is 3.00 bits per heavy atom. The minimum absolute atomic E-state index is 0.561. The van der Waals surface area contributed by atoms with Crippen LogP contribution in [0.4, 0.5) is 0 Å². The van der Waals surface area contributed by atoms with Gasteiger partial charge in [-0.05, 0) is 38.8 Å². The average molecular weight is 226 g/mol. The maximum Gasteiger partial charge on any atom is 0.150 e. The van der Waals surface area contributed by atoms with E-state index in [1.54, 1.807) is 12.4 Å². The van der Waals surface area contributed by atoms with E-state index in [1.807, 2.05) is 0 Å². The summed E-state index contributed by atoms with van der Waals surface area (Å²) < 4.78 is 0. The zero-order chi connectivity index (χ0) is 10.7. The van der Waals surface area contributed by atoms with Crippen LogP contribution in [-0.4, -0.2) is 35.0 Å². The van der Waals surface area contributed by atoms with Gasteiger partial charge in [0.05, 0.1) is 5.69 Å². The molecule has 1 fully saturated rings. The molecule has 1 aliphatic rings. The Morgan fingerprint density at radius 2 is 2.27 bits per heavy atom. The topological polar surface area (TPSA) is 29.0 Å². The smallest absolute Gasteiger partial charge is 0.150 e. The molecule has 0 aliphatic carbocycles. The summed E-state index contributed by atoms with van der Waals surface area (Å²) in [5, 5.41) is 0.561. The fourth-order valence-electron chi connectivity index (χ4n) is 2.20. The van der Waals surface area contributed by atoms with E-state index in [-0.39, 0.29) is 0 Å². The molecule has 2 heterocycles. The van der Waals surface area contributed by atoms with Crippen molar-refractivity contribution in [2.45, 2.75) is 19.3 Å². The van der Waals surface area contributed by atoms with Crippen molar-refractivity contribution >= 4 is 11.6 Å². The number of piperidine rings is 1. The Bertz CT molecular complexity index is 329. The standard InChI is InChI=1S/C11H16ClN3/c1-15-6-2-3-9(8-15)7-10-11(12)14-5-4-13-10/h4-5,9H,2-3,6-8H2,1H3/t9-/m0/s1. The van der Waals surface area contributed by atoms with E-state index in [4.69, 9.17) is 11.6 Å². The molecule has 0 bridgehead atoms. The molecule has 1 aliphatic heterocycles. The predicted molar refractivity (Wildman–Crippen MR) is 61.0 cm³/mol. The molecule has 0 unspecified atom stereocenters. The van der Waals surface area contributed by atoms with Crippen LogP contribution in [0.3, 0.4) is 0 Å². The van der Waals surface area contributed by atoms with Gasteiger partial charge in [-0.3, -0.25) is 4.98 Å². The van der Waals surface area contributed by atoms with Gasteiger partial charge >= 0.3 is 0 Å². The third-order valence-corrected chi connectivity index (χ3v) is 3.24. The lowest BCUT2D eigenvalue weighted by Crippen LogP contribution is -2.33. The minimum Gasteiger partial charge on any atom is -0.306 e. The van der Waals surface area contributed by atoms with Crippen LogP contribution in [-0.2, 0) is 6.42 Å². The van der Waals surface area contributed by atoms with E-state index in [0.29, 0.717) is 11.1 Å². The van der Waals surface area contributed by atoms with Gasteiger partial charge in [-0.25, -0.2) is 4.98 Å². The van der Waals surface area contributed by atoms with Crippen molar-refractivity contribution in [2.75, 3.05) is 20.1 Å².